The van der Waals surface area contributed by atoms with Gasteiger partial charge in [-0.05, 0) is 62.3 Å². The van der Waals surface area contributed by atoms with E-state index in [9.17, 15) is 9.59 Å². The van der Waals surface area contributed by atoms with Gasteiger partial charge in [0.2, 0.25) is 5.91 Å². The Bertz CT molecular complexity index is 1260. The Labute approximate surface area is 211 Å². The van der Waals surface area contributed by atoms with Crippen molar-refractivity contribution in [2.75, 3.05) is 0 Å². The third-order valence-corrected chi connectivity index (χ3v) is 8.31. The van der Waals surface area contributed by atoms with Crippen molar-refractivity contribution in [2.24, 2.45) is 0 Å². The van der Waals surface area contributed by atoms with Gasteiger partial charge in [-0.3, -0.25) is 14.3 Å². The maximum Gasteiger partial charge on any atom is 0.273 e. The maximum atomic E-state index is 14.2. The molecule has 1 N–H and O–H groups in total. The van der Waals surface area contributed by atoms with Crippen LogP contribution in [0.2, 0.25) is 0 Å². The fraction of sp³-hybridized carbons (Fsp3) is 0.483. The van der Waals surface area contributed by atoms with E-state index in [1.807, 2.05) is 30.0 Å². The molecule has 1 aliphatic heterocycles. The highest BCUT2D eigenvalue weighted by molar-refractivity contribution is 6.00. The van der Waals surface area contributed by atoms with Crippen molar-refractivity contribution in [3.8, 4) is 11.5 Å². The second-order valence-electron chi connectivity index (χ2n) is 10.8. The summed E-state index contributed by atoms with van der Waals surface area (Å²) in [5.74, 6) is 0.391. The van der Waals surface area contributed by atoms with Crippen molar-refractivity contribution in [3.63, 3.8) is 0 Å². The highest BCUT2D eigenvalue weighted by atomic mass is 16.3. The second kappa shape index (κ2) is 9.26. The Balaban J connectivity index is 1.41. The van der Waals surface area contributed by atoms with Gasteiger partial charge in [-0.15, -0.1) is 0 Å². The molecule has 188 valence electrons. The zero-order valence-corrected chi connectivity index (χ0v) is 20.9. The SMILES string of the molecule is CC1(C(=O)NC2CCCCCC2)Cn2nc(-c3ccco3)cc2C(=O)N1C1CCCc2ccccc21. The first-order valence-corrected chi connectivity index (χ1v) is 13.4. The highest BCUT2D eigenvalue weighted by Gasteiger charge is 2.52. The van der Waals surface area contributed by atoms with Crippen LogP contribution in [0.5, 0.6) is 0 Å². The van der Waals surface area contributed by atoms with Gasteiger partial charge in [-0.2, -0.15) is 5.10 Å². The van der Waals surface area contributed by atoms with Crippen LogP contribution in [-0.2, 0) is 17.8 Å². The standard InChI is InChI=1S/C29H34N4O3/c1-29(28(35)30-21-12-4-2-3-5-13-21)19-32-25(18-23(31-32)26-16-9-17-36-26)27(34)33(29)24-15-8-11-20-10-6-7-14-22(20)24/h6-7,9-10,14,16-18,21,24H,2-5,8,11-13,15,19H2,1H3,(H,30,35). The molecule has 1 saturated carbocycles. The fourth-order valence-electron chi connectivity index (χ4n) is 6.40. The largest absolute Gasteiger partial charge is 0.463 e. The first-order chi connectivity index (χ1) is 17.5. The van der Waals surface area contributed by atoms with E-state index in [1.54, 1.807) is 17.0 Å². The van der Waals surface area contributed by atoms with Crippen molar-refractivity contribution in [2.45, 2.75) is 88.9 Å². The first-order valence-electron chi connectivity index (χ1n) is 13.4. The van der Waals surface area contributed by atoms with Crippen LogP contribution in [0.15, 0.2) is 53.1 Å². The smallest absolute Gasteiger partial charge is 0.273 e. The highest BCUT2D eigenvalue weighted by Crippen LogP contribution is 2.42. The molecule has 3 aliphatic rings. The molecule has 2 aromatic heterocycles. The number of aryl methyl sites for hydroxylation is 1. The van der Waals surface area contributed by atoms with E-state index in [-0.39, 0.29) is 23.9 Å². The van der Waals surface area contributed by atoms with Crippen LogP contribution in [0, 0.1) is 0 Å². The number of carbonyl (C=O) groups is 2. The predicted molar refractivity (Wildman–Crippen MR) is 136 cm³/mol. The van der Waals surface area contributed by atoms with Crippen LogP contribution in [0.25, 0.3) is 11.5 Å². The number of amides is 2. The summed E-state index contributed by atoms with van der Waals surface area (Å²) in [5, 5.41) is 8.06. The van der Waals surface area contributed by atoms with Gasteiger partial charge >= 0.3 is 0 Å². The van der Waals surface area contributed by atoms with Crippen molar-refractivity contribution in [1.82, 2.24) is 20.0 Å². The summed E-state index contributed by atoms with van der Waals surface area (Å²) in [6, 6.07) is 13.8. The summed E-state index contributed by atoms with van der Waals surface area (Å²) >= 11 is 0. The van der Waals surface area contributed by atoms with Crippen molar-refractivity contribution in [1.29, 1.82) is 0 Å². The van der Waals surface area contributed by atoms with E-state index >= 15 is 0 Å². The molecule has 2 amide bonds. The number of hydrogen-bond acceptors (Lipinski definition) is 4. The molecule has 3 aromatic rings. The van der Waals surface area contributed by atoms with Crippen LogP contribution in [0.3, 0.4) is 0 Å². The lowest BCUT2D eigenvalue weighted by molar-refractivity contribution is -0.135. The second-order valence-corrected chi connectivity index (χ2v) is 10.8. The Hall–Kier alpha value is -3.35. The molecule has 2 atom stereocenters. The van der Waals surface area contributed by atoms with Gasteiger partial charge in [0.1, 0.15) is 16.9 Å². The van der Waals surface area contributed by atoms with E-state index in [2.05, 4.69) is 23.5 Å². The molecule has 0 saturated heterocycles. The summed E-state index contributed by atoms with van der Waals surface area (Å²) in [5.41, 5.74) is 2.48. The van der Waals surface area contributed by atoms with Crippen molar-refractivity contribution in [3.05, 3.63) is 65.5 Å². The van der Waals surface area contributed by atoms with Crippen LogP contribution >= 0.6 is 0 Å². The lowest BCUT2D eigenvalue weighted by Gasteiger charge is -2.49. The van der Waals surface area contributed by atoms with Crippen LogP contribution in [-0.4, -0.2) is 38.1 Å². The number of benzene rings is 1. The monoisotopic (exact) mass is 486 g/mol. The van der Waals surface area contributed by atoms with Crippen molar-refractivity contribution < 1.29 is 14.0 Å². The Morgan fingerprint density at radius 2 is 1.86 bits per heavy atom. The summed E-state index contributed by atoms with van der Waals surface area (Å²) in [7, 11) is 0. The average molecular weight is 487 g/mol. The molecule has 0 bridgehead atoms. The topological polar surface area (TPSA) is 80.4 Å². The van der Waals surface area contributed by atoms with E-state index in [1.165, 1.54) is 18.4 Å². The van der Waals surface area contributed by atoms with Gasteiger partial charge in [0, 0.05) is 12.1 Å². The van der Waals surface area contributed by atoms with E-state index in [0.29, 0.717) is 23.7 Å². The number of fused-ring (bicyclic) bond motifs is 2. The maximum absolute atomic E-state index is 14.2. The normalized spacial score (nSPS) is 24.6. The van der Waals surface area contributed by atoms with Crippen LogP contribution in [0.1, 0.15) is 85.9 Å². The van der Waals surface area contributed by atoms with E-state index in [4.69, 9.17) is 9.52 Å². The van der Waals surface area contributed by atoms with Crippen LogP contribution in [0.4, 0.5) is 0 Å². The number of furan rings is 1. The molecule has 1 fully saturated rings. The summed E-state index contributed by atoms with van der Waals surface area (Å²) in [6.07, 6.45) is 11.1. The molecular weight excluding hydrogens is 452 g/mol. The summed E-state index contributed by atoms with van der Waals surface area (Å²) < 4.78 is 7.26. The molecule has 3 heterocycles. The lowest BCUT2D eigenvalue weighted by Crippen LogP contribution is -2.65. The van der Waals surface area contributed by atoms with Gasteiger partial charge in [0.15, 0.2) is 5.76 Å². The number of aromatic nitrogens is 2. The number of rotatable bonds is 4. The van der Waals surface area contributed by atoms with E-state index < -0.39 is 5.54 Å². The Morgan fingerprint density at radius 3 is 2.64 bits per heavy atom. The molecule has 1 aromatic carbocycles. The number of carbonyl (C=O) groups excluding carboxylic acids is 2. The zero-order valence-electron chi connectivity index (χ0n) is 20.9. The minimum atomic E-state index is -1.06. The average Bonchev–Trinajstić information content (AvgIpc) is 3.50. The molecule has 7 heteroatoms. The molecule has 0 spiro atoms. The van der Waals surface area contributed by atoms with Gasteiger partial charge in [-0.1, -0.05) is 49.9 Å². The number of nitrogens with one attached hydrogen (secondary N) is 1. The number of hydrogen-bond donors (Lipinski definition) is 1. The third kappa shape index (κ3) is 3.94. The van der Waals surface area contributed by atoms with Gasteiger partial charge in [0.25, 0.3) is 5.91 Å². The quantitative estimate of drug-likeness (QED) is 0.509. The Morgan fingerprint density at radius 1 is 1.06 bits per heavy atom. The summed E-state index contributed by atoms with van der Waals surface area (Å²) in [4.78, 5) is 30.2. The predicted octanol–water partition coefficient (Wildman–Crippen LogP) is 5.27. The molecule has 7 nitrogen and oxygen atoms in total. The zero-order chi connectivity index (χ0) is 24.7. The minimum absolute atomic E-state index is 0.0773. The van der Waals surface area contributed by atoms with Gasteiger partial charge < -0.3 is 14.6 Å². The molecule has 36 heavy (non-hydrogen) atoms. The van der Waals surface area contributed by atoms with Gasteiger partial charge in [-0.25, -0.2) is 0 Å². The van der Waals surface area contributed by atoms with E-state index in [0.717, 1.165) is 50.5 Å². The fourth-order valence-corrected chi connectivity index (χ4v) is 6.40. The molecule has 6 rings (SSSR count). The van der Waals surface area contributed by atoms with Crippen molar-refractivity contribution >= 4 is 11.8 Å². The Kier molecular flexibility index (Phi) is 5.94. The van der Waals surface area contributed by atoms with Crippen LogP contribution < -0.4 is 5.32 Å². The van der Waals surface area contributed by atoms with Gasteiger partial charge in [0.05, 0.1) is 18.8 Å². The third-order valence-electron chi connectivity index (χ3n) is 8.31. The molecule has 0 radical (unpaired) electrons. The molecule has 2 aliphatic carbocycles. The lowest BCUT2D eigenvalue weighted by atomic mass is 9.82. The summed E-state index contributed by atoms with van der Waals surface area (Å²) in [6.45, 7) is 2.23. The number of nitrogens with zero attached hydrogens (tertiary/aromatic N) is 3. The molecular formula is C29H34N4O3. The minimum Gasteiger partial charge on any atom is -0.463 e. The first kappa shape index (κ1) is 23.1. The molecule has 2 unspecified atom stereocenters.